The number of hydrogen-bond acceptors (Lipinski definition) is 3. The molecule has 0 N–H and O–H groups in total. The maximum Gasteiger partial charge on any atom is 0.244 e. The normalized spacial score (nSPS) is 12.9. The van der Waals surface area contributed by atoms with Crippen molar-refractivity contribution >= 4 is 10.0 Å². The van der Waals surface area contributed by atoms with E-state index in [0.29, 0.717) is 5.57 Å². The Kier molecular flexibility index (Phi) is 6.99. The van der Waals surface area contributed by atoms with Crippen LogP contribution in [0.3, 0.4) is 0 Å². The van der Waals surface area contributed by atoms with Gasteiger partial charge in [0.25, 0.3) is 0 Å². The molecule has 134 valence electrons. The third kappa shape index (κ3) is 6.38. The predicted molar refractivity (Wildman–Crippen MR) is 101 cm³/mol. The summed E-state index contributed by atoms with van der Waals surface area (Å²) in [5.74, 6) is 6.03. The number of nitriles is 1. The standard InChI is InChI=1S/C20H26N2O2S/c1-16-8-10-19(11-9-16)25(23,24)22(13-7-12-20(4,5)6)15-18(3)17(2)14-21/h8-11H,13,15H2,1-6H3/b18-17+. The summed E-state index contributed by atoms with van der Waals surface area (Å²) in [6.45, 7) is 11.5. The summed E-state index contributed by atoms with van der Waals surface area (Å²) in [6, 6.07) is 8.82. The van der Waals surface area contributed by atoms with Gasteiger partial charge in [0.15, 0.2) is 0 Å². The number of sulfonamides is 1. The van der Waals surface area contributed by atoms with Crippen molar-refractivity contribution in [1.29, 1.82) is 5.26 Å². The molecule has 0 heterocycles. The van der Waals surface area contributed by atoms with Crippen molar-refractivity contribution in [2.75, 3.05) is 13.1 Å². The maximum atomic E-state index is 13.0. The lowest BCUT2D eigenvalue weighted by Crippen LogP contribution is -2.33. The lowest BCUT2D eigenvalue weighted by atomic mass is 9.98. The highest BCUT2D eigenvalue weighted by Gasteiger charge is 2.24. The highest BCUT2D eigenvalue weighted by atomic mass is 32.2. The maximum absolute atomic E-state index is 13.0. The van der Waals surface area contributed by atoms with E-state index in [-0.39, 0.29) is 23.4 Å². The topological polar surface area (TPSA) is 61.2 Å². The van der Waals surface area contributed by atoms with Crippen LogP contribution in [0.1, 0.15) is 40.2 Å². The minimum Gasteiger partial charge on any atom is -0.207 e. The molecule has 0 radical (unpaired) electrons. The van der Waals surface area contributed by atoms with Crippen LogP contribution in [0, 0.1) is 35.5 Å². The number of hydrogen-bond donors (Lipinski definition) is 0. The lowest BCUT2D eigenvalue weighted by molar-refractivity contribution is 0.469. The first-order chi connectivity index (χ1) is 11.5. The summed E-state index contributed by atoms with van der Waals surface area (Å²) in [6.07, 6.45) is 0. The van der Waals surface area contributed by atoms with Crippen molar-refractivity contribution < 1.29 is 8.42 Å². The largest absolute Gasteiger partial charge is 0.244 e. The van der Waals surface area contributed by atoms with Gasteiger partial charge in [-0.1, -0.05) is 29.5 Å². The van der Waals surface area contributed by atoms with Gasteiger partial charge in [0, 0.05) is 17.5 Å². The van der Waals surface area contributed by atoms with Crippen LogP contribution in [0.15, 0.2) is 40.3 Å². The fraction of sp³-hybridized carbons (Fsp3) is 0.450. The summed E-state index contributed by atoms with van der Waals surface area (Å²) >= 11 is 0. The second-order valence-corrected chi connectivity index (χ2v) is 9.09. The van der Waals surface area contributed by atoms with E-state index in [2.05, 4.69) is 17.9 Å². The van der Waals surface area contributed by atoms with Crippen LogP contribution in [-0.2, 0) is 10.0 Å². The summed E-state index contributed by atoms with van der Waals surface area (Å²) < 4.78 is 27.3. The van der Waals surface area contributed by atoms with Crippen molar-refractivity contribution in [3.05, 3.63) is 41.0 Å². The van der Waals surface area contributed by atoms with E-state index in [9.17, 15) is 8.42 Å². The molecule has 0 amide bonds. The average molecular weight is 359 g/mol. The van der Waals surface area contributed by atoms with Gasteiger partial charge >= 0.3 is 0 Å². The van der Waals surface area contributed by atoms with Gasteiger partial charge in [-0.15, -0.1) is 0 Å². The number of nitrogens with zero attached hydrogens (tertiary/aromatic N) is 2. The molecule has 1 aromatic rings. The molecule has 0 saturated heterocycles. The second-order valence-electron chi connectivity index (χ2n) is 7.16. The fourth-order valence-electron chi connectivity index (χ4n) is 1.96. The third-order valence-electron chi connectivity index (χ3n) is 3.60. The molecule has 1 rings (SSSR count). The van der Waals surface area contributed by atoms with Crippen LogP contribution in [0.25, 0.3) is 0 Å². The van der Waals surface area contributed by atoms with Gasteiger partial charge in [-0.2, -0.15) is 9.57 Å². The Morgan fingerprint density at radius 1 is 1.16 bits per heavy atom. The van der Waals surface area contributed by atoms with E-state index >= 15 is 0 Å². The SMILES string of the molecule is C/C(C#N)=C(/C)CN(CC#CC(C)(C)C)S(=O)(=O)c1ccc(C)cc1. The molecule has 0 atom stereocenters. The molecular weight excluding hydrogens is 332 g/mol. The molecule has 4 nitrogen and oxygen atoms in total. The molecule has 0 aromatic heterocycles. The Bertz CT molecular complexity index is 840. The number of rotatable bonds is 5. The molecule has 5 heteroatoms. The summed E-state index contributed by atoms with van der Waals surface area (Å²) in [5, 5.41) is 9.05. The minimum atomic E-state index is -3.69. The van der Waals surface area contributed by atoms with Crippen LogP contribution >= 0.6 is 0 Å². The van der Waals surface area contributed by atoms with E-state index in [1.807, 2.05) is 27.7 Å². The zero-order valence-corrected chi connectivity index (χ0v) is 16.7. The molecule has 25 heavy (non-hydrogen) atoms. The van der Waals surface area contributed by atoms with Crippen LogP contribution in [-0.4, -0.2) is 25.8 Å². The molecule has 0 aliphatic rings. The Morgan fingerprint density at radius 2 is 1.72 bits per heavy atom. The van der Waals surface area contributed by atoms with Crippen LogP contribution in [0.2, 0.25) is 0 Å². The Hall–Kier alpha value is -2.08. The van der Waals surface area contributed by atoms with E-state index in [1.54, 1.807) is 38.1 Å². The van der Waals surface area contributed by atoms with Gasteiger partial charge in [-0.05, 0) is 59.2 Å². The Labute approximate surface area is 152 Å². The van der Waals surface area contributed by atoms with Gasteiger partial charge in [0.2, 0.25) is 10.0 Å². The summed E-state index contributed by atoms with van der Waals surface area (Å²) in [4.78, 5) is 0.234. The lowest BCUT2D eigenvalue weighted by Gasteiger charge is -2.21. The van der Waals surface area contributed by atoms with Crippen molar-refractivity contribution in [1.82, 2.24) is 4.31 Å². The molecule has 0 bridgehead atoms. The monoisotopic (exact) mass is 358 g/mol. The molecule has 0 fully saturated rings. The van der Waals surface area contributed by atoms with Crippen LogP contribution < -0.4 is 0 Å². The first-order valence-corrected chi connectivity index (χ1v) is 9.54. The minimum absolute atomic E-state index is 0.0868. The van der Waals surface area contributed by atoms with Gasteiger partial charge in [-0.3, -0.25) is 0 Å². The average Bonchev–Trinajstić information content (AvgIpc) is 2.52. The Morgan fingerprint density at radius 3 is 2.20 bits per heavy atom. The quantitative estimate of drug-likeness (QED) is 0.592. The highest BCUT2D eigenvalue weighted by Crippen LogP contribution is 2.19. The molecule has 1 aromatic carbocycles. The van der Waals surface area contributed by atoms with E-state index < -0.39 is 10.0 Å². The van der Waals surface area contributed by atoms with Crippen molar-refractivity contribution in [2.24, 2.45) is 5.41 Å². The number of benzene rings is 1. The third-order valence-corrected chi connectivity index (χ3v) is 5.40. The smallest absolute Gasteiger partial charge is 0.207 e. The van der Waals surface area contributed by atoms with Crippen LogP contribution in [0.5, 0.6) is 0 Å². The van der Waals surface area contributed by atoms with Gasteiger partial charge in [0.05, 0.1) is 17.5 Å². The van der Waals surface area contributed by atoms with Crippen LogP contribution in [0.4, 0.5) is 0 Å². The van der Waals surface area contributed by atoms with Gasteiger partial charge in [0.1, 0.15) is 0 Å². The van der Waals surface area contributed by atoms with E-state index in [4.69, 9.17) is 5.26 Å². The molecule has 0 saturated carbocycles. The highest BCUT2D eigenvalue weighted by molar-refractivity contribution is 7.89. The molecule has 0 aliphatic carbocycles. The number of aryl methyl sites for hydroxylation is 1. The van der Waals surface area contributed by atoms with Gasteiger partial charge < -0.3 is 0 Å². The summed E-state index contributed by atoms with van der Waals surface area (Å²) in [5.41, 5.74) is 2.03. The Balaban J connectivity index is 3.26. The van der Waals surface area contributed by atoms with Crippen molar-refractivity contribution in [3.8, 4) is 17.9 Å². The first-order valence-electron chi connectivity index (χ1n) is 8.10. The van der Waals surface area contributed by atoms with E-state index in [0.717, 1.165) is 11.1 Å². The van der Waals surface area contributed by atoms with E-state index in [1.165, 1.54) is 4.31 Å². The molecule has 0 spiro atoms. The number of allylic oxidation sites excluding steroid dienone is 1. The van der Waals surface area contributed by atoms with Crippen molar-refractivity contribution in [3.63, 3.8) is 0 Å². The summed E-state index contributed by atoms with van der Waals surface area (Å²) in [7, 11) is -3.69. The first kappa shape index (κ1) is 21.0. The second kappa shape index (κ2) is 8.34. The molecule has 0 aliphatic heterocycles. The molecular formula is C20H26N2O2S. The zero-order chi connectivity index (χ0) is 19.3. The van der Waals surface area contributed by atoms with Gasteiger partial charge in [-0.25, -0.2) is 8.42 Å². The fourth-order valence-corrected chi connectivity index (χ4v) is 3.33. The van der Waals surface area contributed by atoms with Crippen molar-refractivity contribution in [2.45, 2.75) is 46.4 Å². The molecule has 0 unspecified atom stereocenters. The predicted octanol–water partition coefficient (Wildman–Crippen LogP) is 3.90. The zero-order valence-electron chi connectivity index (χ0n) is 15.8.